The molecule has 0 aromatic carbocycles. The van der Waals surface area contributed by atoms with Gasteiger partial charge in [0, 0.05) is 17.4 Å². The van der Waals surface area contributed by atoms with Crippen LogP contribution in [-0.2, 0) is 23.9 Å². The van der Waals surface area contributed by atoms with Crippen LogP contribution in [0.4, 0.5) is 0 Å². The first-order valence-corrected chi connectivity index (χ1v) is 18.7. The number of amides is 1. The molecule has 4 aliphatic rings. The molecule has 0 saturated heterocycles. The fraction of sp³-hybridized carbons (Fsp3) is 0.872. The lowest BCUT2D eigenvalue weighted by Crippen LogP contribution is -2.62. The van der Waals surface area contributed by atoms with Crippen molar-refractivity contribution in [2.24, 2.45) is 39.4 Å². The van der Waals surface area contributed by atoms with Gasteiger partial charge in [0.05, 0.1) is 49.5 Å². The van der Waals surface area contributed by atoms with Crippen molar-refractivity contribution in [3.8, 4) is 0 Å². The Kier molecular flexibility index (Phi) is 11.9. The molecule has 0 radical (unpaired) electrons. The van der Waals surface area contributed by atoms with Crippen LogP contribution >= 0.6 is 0 Å². The lowest BCUT2D eigenvalue weighted by Gasteiger charge is -2.64. The number of nitrogens with one attached hydrogen (secondary N) is 1. The zero-order chi connectivity index (χ0) is 38.5. The fourth-order valence-corrected chi connectivity index (χ4v) is 11.2. The van der Waals surface area contributed by atoms with E-state index in [4.69, 9.17) is 4.74 Å². The van der Waals surface area contributed by atoms with Gasteiger partial charge in [0.1, 0.15) is 12.6 Å². The van der Waals surface area contributed by atoms with Gasteiger partial charge >= 0.3 is 11.9 Å². The summed E-state index contributed by atoms with van der Waals surface area (Å²) in [5.74, 6) is -2.11. The Morgan fingerprint density at radius 2 is 1.61 bits per heavy atom. The van der Waals surface area contributed by atoms with Gasteiger partial charge in [0.2, 0.25) is 5.91 Å². The van der Waals surface area contributed by atoms with Crippen molar-refractivity contribution in [2.45, 2.75) is 155 Å². The number of hydrogen-bond acceptors (Lipinski definition) is 11. The molecule has 12 heteroatoms. The molecule has 7 N–H and O–H groups in total. The lowest BCUT2D eigenvalue weighted by molar-refractivity contribution is -0.198. The molecule has 12 nitrogen and oxygen atoms in total. The van der Waals surface area contributed by atoms with Crippen molar-refractivity contribution in [1.29, 1.82) is 0 Å². The van der Waals surface area contributed by atoms with E-state index in [0.29, 0.717) is 25.7 Å². The van der Waals surface area contributed by atoms with Crippen molar-refractivity contribution >= 4 is 17.8 Å². The number of carbonyl (C=O) groups is 3. The predicted octanol–water partition coefficient (Wildman–Crippen LogP) is 2.93. The summed E-state index contributed by atoms with van der Waals surface area (Å²) >= 11 is 0. The topological polar surface area (TPSA) is 203 Å². The van der Waals surface area contributed by atoms with Crippen LogP contribution in [0.2, 0.25) is 0 Å². The van der Waals surface area contributed by atoms with Crippen LogP contribution < -0.4 is 5.32 Å². The van der Waals surface area contributed by atoms with Gasteiger partial charge in [-0.05, 0) is 101 Å². The van der Waals surface area contributed by atoms with E-state index in [-0.39, 0.29) is 36.3 Å². The smallest absolute Gasteiger partial charge is 0.325 e. The second-order valence-corrected chi connectivity index (χ2v) is 18.3. The predicted molar refractivity (Wildman–Crippen MR) is 189 cm³/mol. The van der Waals surface area contributed by atoms with E-state index in [1.807, 2.05) is 13.8 Å². The molecule has 0 heterocycles. The number of fused-ring (bicyclic) bond motifs is 4. The maximum atomic E-state index is 13.2. The monoisotopic (exact) mass is 723 g/mol. The highest BCUT2D eigenvalue weighted by Crippen LogP contribution is 2.72. The third-order valence-electron chi connectivity index (χ3n) is 14.2. The molecule has 0 aliphatic heterocycles. The van der Waals surface area contributed by atoms with Gasteiger partial charge in [-0.2, -0.15) is 0 Å². The SMILES string of the molecule is COC(=O)CNC(=O)CC(C)(O)CC(=O)O[C@H]1[C@H](O)C[C@]2(C)C3=C(CCC2C1(C)C)[C@@]1(C)CC[C@H]([C@H](CO)CC[C@@H](O)C(C)(C)O)[C@@]1(C)[C@@H](O)C3. The minimum absolute atomic E-state index is 0.0143. The van der Waals surface area contributed by atoms with Gasteiger partial charge in [0.25, 0.3) is 0 Å². The van der Waals surface area contributed by atoms with Gasteiger partial charge in [-0.3, -0.25) is 14.4 Å². The van der Waals surface area contributed by atoms with E-state index in [1.54, 1.807) is 13.8 Å². The van der Waals surface area contributed by atoms with E-state index in [0.717, 1.165) is 25.7 Å². The average Bonchev–Trinajstić information content (AvgIpc) is 3.30. The fourth-order valence-electron chi connectivity index (χ4n) is 11.2. The number of hydrogen-bond donors (Lipinski definition) is 7. The second-order valence-electron chi connectivity index (χ2n) is 18.3. The zero-order valence-corrected chi connectivity index (χ0v) is 32.3. The Hall–Kier alpha value is -2.09. The zero-order valence-electron chi connectivity index (χ0n) is 32.3. The molecule has 2 unspecified atom stereocenters. The summed E-state index contributed by atoms with van der Waals surface area (Å²) in [5.41, 5.74) is -2.47. The summed E-state index contributed by atoms with van der Waals surface area (Å²) in [4.78, 5) is 36.9. The number of esters is 2. The van der Waals surface area contributed by atoms with Crippen molar-refractivity contribution in [2.75, 3.05) is 20.3 Å². The number of ether oxygens (including phenoxy) is 2. The molecule has 2 fully saturated rings. The Labute approximate surface area is 303 Å². The molecule has 0 bridgehead atoms. The van der Waals surface area contributed by atoms with Crippen LogP contribution in [0.3, 0.4) is 0 Å². The van der Waals surface area contributed by atoms with E-state index in [9.17, 15) is 45.0 Å². The Morgan fingerprint density at radius 1 is 0.961 bits per heavy atom. The van der Waals surface area contributed by atoms with Crippen molar-refractivity contribution in [1.82, 2.24) is 5.32 Å². The first-order valence-electron chi connectivity index (χ1n) is 18.7. The number of carbonyl (C=O) groups excluding carboxylic acids is 3. The highest BCUT2D eigenvalue weighted by atomic mass is 16.6. The van der Waals surface area contributed by atoms with Crippen LogP contribution in [0.5, 0.6) is 0 Å². The molecule has 1 amide bonds. The van der Waals surface area contributed by atoms with Gasteiger partial charge in [-0.25, -0.2) is 0 Å². The highest BCUT2D eigenvalue weighted by Gasteiger charge is 2.67. The summed E-state index contributed by atoms with van der Waals surface area (Å²) in [6.07, 6.45) is 0.551. The van der Waals surface area contributed by atoms with Gasteiger partial charge in [-0.1, -0.05) is 45.8 Å². The minimum atomic E-state index is -1.75. The lowest BCUT2D eigenvalue weighted by atomic mass is 9.42. The Bertz CT molecular complexity index is 1350. The van der Waals surface area contributed by atoms with Crippen LogP contribution in [0.25, 0.3) is 0 Å². The maximum Gasteiger partial charge on any atom is 0.325 e. The molecule has 4 rings (SSSR count). The van der Waals surface area contributed by atoms with Crippen molar-refractivity contribution in [3.05, 3.63) is 11.1 Å². The van der Waals surface area contributed by atoms with E-state index < -0.39 is 82.6 Å². The average molecular weight is 724 g/mol. The molecule has 4 aliphatic carbocycles. The summed E-state index contributed by atoms with van der Waals surface area (Å²) in [6, 6.07) is 0. The quantitative estimate of drug-likeness (QED) is 0.109. The summed E-state index contributed by atoms with van der Waals surface area (Å²) in [7, 11) is 1.19. The summed E-state index contributed by atoms with van der Waals surface area (Å²) in [6.45, 7) is 14.7. The normalized spacial score (nSPS) is 36.9. The number of allylic oxidation sites excluding steroid dienone is 1. The molecular formula is C39H65NO11. The second kappa shape index (κ2) is 14.6. The first kappa shape index (κ1) is 41.7. The molecule has 0 spiro atoms. The Morgan fingerprint density at radius 3 is 2.20 bits per heavy atom. The standard InChI is InChI=1S/C39H65NO11/c1-34(2)27-12-11-24-25(16-29(44)39(8)23(14-15-38(24,39)7)22(21-41)10-13-28(43)35(3,4)48)37(27,6)17-26(42)33(34)51-31(46)19-36(5,49)18-30(45)40-20-32(47)50-9/h22-23,26-29,33,41-44,48-49H,10-21H2,1-9H3,(H,40,45)/t22-,23+,26+,27?,28+,29-,33-,36?,37+,38+,39-/m0/s1. The first-order chi connectivity index (χ1) is 23.4. The minimum Gasteiger partial charge on any atom is -0.468 e. The number of methoxy groups -OCH3 is 1. The molecule has 2 saturated carbocycles. The van der Waals surface area contributed by atoms with E-state index in [2.05, 4.69) is 30.8 Å². The van der Waals surface area contributed by atoms with Gasteiger partial charge in [0.15, 0.2) is 0 Å². The Balaban J connectivity index is 1.53. The molecule has 292 valence electrons. The van der Waals surface area contributed by atoms with Crippen molar-refractivity contribution < 1.29 is 54.5 Å². The molecule has 0 aromatic heterocycles. The maximum absolute atomic E-state index is 13.2. The molecular weight excluding hydrogens is 658 g/mol. The van der Waals surface area contributed by atoms with Gasteiger partial charge in [-0.15, -0.1) is 0 Å². The number of rotatable bonds is 13. The molecule has 11 atom stereocenters. The van der Waals surface area contributed by atoms with Crippen LogP contribution in [0.1, 0.15) is 120 Å². The number of aliphatic hydroxyl groups is 6. The third kappa shape index (κ3) is 7.65. The highest BCUT2D eigenvalue weighted by molar-refractivity contribution is 5.83. The summed E-state index contributed by atoms with van der Waals surface area (Å²) < 4.78 is 10.4. The van der Waals surface area contributed by atoms with E-state index >= 15 is 0 Å². The molecule has 51 heavy (non-hydrogen) atoms. The van der Waals surface area contributed by atoms with Crippen molar-refractivity contribution in [3.63, 3.8) is 0 Å². The van der Waals surface area contributed by atoms with Crippen LogP contribution in [0, 0.1) is 39.4 Å². The third-order valence-corrected chi connectivity index (χ3v) is 14.2. The molecule has 0 aromatic rings. The van der Waals surface area contributed by atoms with E-state index in [1.165, 1.54) is 25.2 Å². The largest absolute Gasteiger partial charge is 0.468 e. The van der Waals surface area contributed by atoms with Crippen LogP contribution in [-0.4, -0.2) is 104 Å². The summed E-state index contributed by atoms with van der Waals surface area (Å²) in [5, 5.41) is 68.5. The van der Waals surface area contributed by atoms with Crippen LogP contribution in [0.15, 0.2) is 11.1 Å². The van der Waals surface area contributed by atoms with Gasteiger partial charge < -0.3 is 45.4 Å². The number of aliphatic hydroxyl groups excluding tert-OH is 4.